The number of rotatable bonds is 2. The van der Waals surface area contributed by atoms with E-state index in [1.165, 1.54) is 0 Å². The van der Waals surface area contributed by atoms with E-state index in [-0.39, 0.29) is 5.91 Å². The van der Waals surface area contributed by atoms with E-state index in [4.69, 9.17) is 0 Å². The second-order valence-corrected chi connectivity index (χ2v) is 7.52. The third-order valence-corrected chi connectivity index (χ3v) is 4.89. The minimum absolute atomic E-state index is 0.147. The van der Waals surface area contributed by atoms with Crippen LogP contribution < -0.4 is 10.6 Å². The van der Waals surface area contributed by atoms with Crippen molar-refractivity contribution < 1.29 is 9.59 Å². The highest BCUT2D eigenvalue weighted by Gasteiger charge is 2.54. The Bertz CT molecular complexity index is 539. The van der Waals surface area contributed by atoms with Gasteiger partial charge < -0.3 is 10.6 Å². The highest BCUT2D eigenvalue weighted by Crippen LogP contribution is 2.41. The molecule has 5 nitrogen and oxygen atoms in total. The molecule has 0 aromatic heterocycles. The van der Waals surface area contributed by atoms with Crippen LogP contribution in [0.4, 0.5) is 0 Å². The number of amides is 2. The molecule has 3 aliphatic rings. The van der Waals surface area contributed by atoms with Crippen LogP contribution in [0.3, 0.4) is 0 Å². The fourth-order valence-electron chi connectivity index (χ4n) is 3.97. The molecule has 114 valence electrons. The molecular weight excluding hydrogens is 334 g/mol. The molecule has 3 rings (SSSR count). The second-order valence-electron chi connectivity index (χ2n) is 6.27. The van der Waals surface area contributed by atoms with Crippen LogP contribution >= 0.6 is 15.9 Å². The number of piperidine rings is 1. The molecule has 3 saturated heterocycles. The molecule has 2 N–H and O–H groups in total. The molecule has 2 unspecified atom stereocenters. The number of nitrogens with one attached hydrogen (secondary N) is 2. The summed E-state index contributed by atoms with van der Waals surface area (Å²) in [5.74, 6) is -0.147. The number of carbonyl (C=O) groups is 2. The van der Waals surface area contributed by atoms with Crippen molar-refractivity contribution in [2.45, 2.75) is 57.3 Å². The van der Waals surface area contributed by atoms with E-state index in [0.717, 1.165) is 42.1 Å². The Morgan fingerprint density at radius 3 is 2.48 bits per heavy atom. The van der Waals surface area contributed by atoms with Gasteiger partial charge in [0.2, 0.25) is 6.41 Å². The first-order valence-corrected chi connectivity index (χ1v) is 8.12. The molecule has 0 aromatic carbocycles. The van der Waals surface area contributed by atoms with Crippen molar-refractivity contribution in [1.82, 2.24) is 15.5 Å². The Hall–Kier alpha value is -1.14. The molecule has 2 bridgehead atoms. The van der Waals surface area contributed by atoms with E-state index in [0.29, 0.717) is 17.8 Å². The third kappa shape index (κ3) is 2.44. The van der Waals surface area contributed by atoms with E-state index in [1.807, 2.05) is 19.9 Å². The molecule has 3 heterocycles. The molecule has 3 aliphatic heterocycles. The summed E-state index contributed by atoms with van der Waals surface area (Å²) in [5, 5.41) is 6.64. The Labute approximate surface area is 133 Å². The first-order chi connectivity index (χ1) is 9.95. The first-order valence-electron chi connectivity index (χ1n) is 7.33. The predicted molar refractivity (Wildman–Crippen MR) is 83.3 cm³/mol. The standard InChI is InChI=1S/C15H20BrN3O2/c1-9(5-10(2)16)13-14(21)18-15(19(13)8-20)6-11-3-4-12(7-15)17-11/h5,8,11-12,17H,3-4,6-7H2,1-2H3,(H,18,21)/b10-5+,13-9-. The quantitative estimate of drug-likeness (QED) is 0.587. The van der Waals surface area contributed by atoms with Gasteiger partial charge in [0.1, 0.15) is 11.4 Å². The molecule has 2 atom stereocenters. The number of fused-ring (bicyclic) bond motifs is 2. The van der Waals surface area contributed by atoms with Crippen molar-refractivity contribution in [3.8, 4) is 0 Å². The summed E-state index contributed by atoms with van der Waals surface area (Å²) >= 11 is 3.38. The molecule has 3 fully saturated rings. The lowest BCUT2D eigenvalue weighted by molar-refractivity contribution is -0.122. The van der Waals surface area contributed by atoms with Gasteiger partial charge in [-0.2, -0.15) is 0 Å². The van der Waals surface area contributed by atoms with Crippen molar-refractivity contribution in [3.63, 3.8) is 0 Å². The van der Waals surface area contributed by atoms with Gasteiger partial charge in [-0.1, -0.05) is 15.9 Å². The van der Waals surface area contributed by atoms with Gasteiger partial charge in [0.05, 0.1) is 0 Å². The lowest BCUT2D eigenvalue weighted by Crippen LogP contribution is -2.60. The topological polar surface area (TPSA) is 61.4 Å². The van der Waals surface area contributed by atoms with Gasteiger partial charge >= 0.3 is 0 Å². The average Bonchev–Trinajstić information content (AvgIpc) is 2.86. The van der Waals surface area contributed by atoms with Crippen LogP contribution in [0.25, 0.3) is 0 Å². The zero-order valence-electron chi connectivity index (χ0n) is 12.3. The lowest BCUT2D eigenvalue weighted by Gasteiger charge is -2.42. The van der Waals surface area contributed by atoms with Crippen molar-refractivity contribution >= 4 is 28.2 Å². The number of allylic oxidation sites excluding steroid dienone is 3. The van der Waals surface area contributed by atoms with Gasteiger partial charge in [-0.25, -0.2) is 0 Å². The van der Waals surface area contributed by atoms with Gasteiger partial charge in [0, 0.05) is 24.9 Å². The van der Waals surface area contributed by atoms with Crippen molar-refractivity contribution in [1.29, 1.82) is 0 Å². The number of nitrogens with zero attached hydrogens (tertiary/aromatic N) is 1. The molecule has 21 heavy (non-hydrogen) atoms. The smallest absolute Gasteiger partial charge is 0.270 e. The van der Waals surface area contributed by atoms with Crippen LogP contribution in [0.1, 0.15) is 39.5 Å². The summed E-state index contributed by atoms with van der Waals surface area (Å²) in [5.41, 5.74) is 0.738. The summed E-state index contributed by atoms with van der Waals surface area (Å²) in [4.78, 5) is 25.8. The first kappa shape index (κ1) is 14.8. The zero-order valence-corrected chi connectivity index (χ0v) is 13.9. The summed E-state index contributed by atoms with van der Waals surface area (Å²) in [7, 11) is 0. The molecule has 1 spiro atoms. The van der Waals surface area contributed by atoms with Gasteiger partial charge in [0.15, 0.2) is 0 Å². The van der Waals surface area contributed by atoms with Gasteiger partial charge in [0.25, 0.3) is 5.91 Å². The fraction of sp³-hybridized carbons (Fsp3) is 0.600. The SMILES string of the molecule is CC(/C=C(\C)Br)=C1\C(=O)NC2(CC3CCC(C2)N3)N1C=O. The molecule has 0 aliphatic carbocycles. The number of hydrogen-bond donors (Lipinski definition) is 2. The third-order valence-electron chi connectivity index (χ3n) is 4.66. The number of carbonyl (C=O) groups excluding carboxylic acids is 2. The minimum Gasteiger partial charge on any atom is -0.327 e. The molecule has 0 saturated carbocycles. The van der Waals surface area contributed by atoms with E-state index in [9.17, 15) is 9.59 Å². The lowest BCUT2D eigenvalue weighted by atomic mass is 9.92. The van der Waals surface area contributed by atoms with Gasteiger partial charge in [-0.15, -0.1) is 0 Å². The van der Waals surface area contributed by atoms with Crippen LogP contribution in [0.15, 0.2) is 21.8 Å². The van der Waals surface area contributed by atoms with Gasteiger partial charge in [-0.05, 0) is 42.8 Å². The molecule has 2 amide bonds. The highest BCUT2D eigenvalue weighted by atomic mass is 79.9. The van der Waals surface area contributed by atoms with E-state index < -0.39 is 5.66 Å². The van der Waals surface area contributed by atoms with Crippen molar-refractivity contribution in [2.75, 3.05) is 0 Å². The van der Waals surface area contributed by atoms with E-state index >= 15 is 0 Å². The largest absolute Gasteiger partial charge is 0.327 e. The fourth-order valence-corrected chi connectivity index (χ4v) is 4.31. The minimum atomic E-state index is -0.541. The van der Waals surface area contributed by atoms with Crippen LogP contribution in [-0.4, -0.2) is 35.0 Å². The summed E-state index contributed by atoms with van der Waals surface area (Å²) in [6, 6.07) is 0.777. The van der Waals surface area contributed by atoms with Crippen LogP contribution in [0.2, 0.25) is 0 Å². The molecule has 6 heteroatoms. The normalized spacial score (nSPS) is 38.0. The molecule has 0 radical (unpaired) electrons. The molecular formula is C15H20BrN3O2. The Morgan fingerprint density at radius 1 is 1.33 bits per heavy atom. The van der Waals surface area contributed by atoms with Crippen LogP contribution in [0.5, 0.6) is 0 Å². The Morgan fingerprint density at radius 2 is 1.95 bits per heavy atom. The summed E-state index contributed by atoms with van der Waals surface area (Å²) in [6.07, 6.45) is 6.48. The number of halogens is 1. The van der Waals surface area contributed by atoms with Crippen LogP contribution in [0, 0.1) is 0 Å². The second kappa shape index (κ2) is 5.25. The average molecular weight is 354 g/mol. The Balaban J connectivity index is 2.01. The maximum atomic E-state index is 12.4. The zero-order chi connectivity index (χ0) is 15.2. The van der Waals surface area contributed by atoms with Crippen LogP contribution in [-0.2, 0) is 9.59 Å². The van der Waals surface area contributed by atoms with E-state index in [1.54, 1.807) is 4.90 Å². The Kier molecular flexibility index (Phi) is 3.69. The summed E-state index contributed by atoms with van der Waals surface area (Å²) in [6.45, 7) is 3.77. The van der Waals surface area contributed by atoms with E-state index in [2.05, 4.69) is 26.6 Å². The predicted octanol–water partition coefficient (Wildman–Crippen LogP) is 1.76. The monoisotopic (exact) mass is 353 g/mol. The maximum absolute atomic E-state index is 12.4. The van der Waals surface area contributed by atoms with Gasteiger partial charge in [-0.3, -0.25) is 14.5 Å². The van der Waals surface area contributed by atoms with Crippen molar-refractivity contribution in [3.05, 3.63) is 21.8 Å². The highest BCUT2D eigenvalue weighted by molar-refractivity contribution is 9.11. The van der Waals surface area contributed by atoms with Crippen molar-refractivity contribution in [2.24, 2.45) is 0 Å². The molecule has 0 aromatic rings. The summed E-state index contributed by atoms with van der Waals surface area (Å²) < 4.78 is 0.928. The number of hydrogen-bond acceptors (Lipinski definition) is 3. The maximum Gasteiger partial charge on any atom is 0.270 e.